The Kier molecular flexibility index (Phi) is 3.91. The number of nitrogens with zero attached hydrogens (tertiary/aromatic N) is 2. The molecule has 0 aliphatic rings. The molecule has 0 radical (unpaired) electrons. The first-order valence-electron chi connectivity index (χ1n) is 4.91. The Morgan fingerprint density at radius 3 is 2.62 bits per heavy atom. The number of amides is 1. The van der Waals surface area contributed by atoms with Crippen LogP contribution in [0.1, 0.15) is 26.3 Å². The lowest BCUT2D eigenvalue weighted by Crippen LogP contribution is -2.44. The van der Waals surface area contributed by atoms with Gasteiger partial charge >= 0.3 is 6.09 Å². The average Bonchev–Trinajstić information content (AvgIpc) is 2.14. The van der Waals surface area contributed by atoms with E-state index in [2.05, 4.69) is 20.9 Å². The Balaban J connectivity index is 2.94. The fraction of sp³-hybridized carbons (Fsp3) is 0.455. The fourth-order valence-corrected chi connectivity index (χ4v) is 1.67. The molecule has 0 unspecified atom stereocenters. The van der Waals surface area contributed by atoms with Gasteiger partial charge in [0.05, 0.1) is 6.54 Å². The van der Waals surface area contributed by atoms with Gasteiger partial charge in [0.15, 0.2) is 0 Å². The molecule has 5 heteroatoms. The molecule has 88 valence electrons. The summed E-state index contributed by atoms with van der Waals surface area (Å²) in [6.45, 7) is 5.96. The number of pyridine rings is 1. The van der Waals surface area contributed by atoms with Crippen molar-refractivity contribution in [1.29, 1.82) is 0 Å². The summed E-state index contributed by atoms with van der Waals surface area (Å²) in [5.74, 6) is 0. The van der Waals surface area contributed by atoms with Crippen LogP contribution in [-0.4, -0.2) is 26.6 Å². The van der Waals surface area contributed by atoms with E-state index in [-0.39, 0.29) is 0 Å². The summed E-state index contributed by atoms with van der Waals surface area (Å²) in [6.07, 6.45) is 2.40. The molecule has 0 spiro atoms. The lowest BCUT2D eigenvalue weighted by molar-refractivity contribution is 0.0954. The quantitative estimate of drug-likeness (QED) is 0.909. The third-order valence-electron chi connectivity index (χ3n) is 2.23. The van der Waals surface area contributed by atoms with E-state index in [9.17, 15) is 4.79 Å². The number of aromatic nitrogens is 1. The van der Waals surface area contributed by atoms with E-state index in [1.54, 1.807) is 12.4 Å². The number of hydrogen-bond donors (Lipinski definition) is 1. The first-order valence-corrected chi connectivity index (χ1v) is 5.70. The van der Waals surface area contributed by atoms with Crippen LogP contribution in [0.25, 0.3) is 0 Å². The second kappa shape index (κ2) is 4.82. The summed E-state index contributed by atoms with van der Waals surface area (Å²) in [5, 5.41) is 9.16. The highest BCUT2D eigenvalue weighted by molar-refractivity contribution is 9.10. The van der Waals surface area contributed by atoms with Crippen molar-refractivity contribution in [3.8, 4) is 0 Å². The molecule has 0 saturated heterocycles. The fourth-order valence-electron chi connectivity index (χ4n) is 1.29. The van der Waals surface area contributed by atoms with Gasteiger partial charge in [-0.2, -0.15) is 0 Å². The molecule has 0 aliphatic carbocycles. The Hall–Kier alpha value is -1.10. The predicted octanol–water partition coefficient (Wildman–Crippen LogP) is 3.12. The summed E-state index contributed by atoms with van der Waals surface area (Å²) in [4.78, 5) is 16.5. The molecule has 0 saturated carbocycles. The van der Waals surface area contributed by atoms with Gasteiger partial charge in [-0.25, -0.2) is 4.79 Å². The van der Waals surface area contributed by atoms with Crippen molar-refractivity contribution in [3.05, 3.63) is 28.5 Å². The van der Waals surface area contributed by atoms with E-state index in [4.69, 9.17) is 5.11 Å². The van der Waals surface area contributed by atoms with Crippen molar-refractivity contribution in [1.82, 2.24) is 9.88 Å². The monoisotopic (exact) mass is 286 g/mol. The van der Waals surface area contributed by atoms with Crippen LogP contribution in [0.2, 0.25) is 0 Å². The molecule has 0 bridgehead atoms. The Morgan fingerprint density at radius 2 is 2.19 bits per heavy atom. The van der Waals surface area contributed by atoms with Crippen LogP contribution in [0.15, 0.2) is 22.9 Å². The molecule has 1 aromatic rings. The normalized spacial score (nSPS) is 11.2. The molecule has 0 atom stereocenters. The van der Waals surface area contributed by atoms with Gasteiger partial charge in [-0.15, -0.1) is 0 Å². The number of hydrogen-bond acceptors (Lipinski definition) is 2. The zero-order chi connectivity index (χ0) is 12.3. The van der Waals surface area contributed by atoms with Crippen LogP contribution in [0, 0.1) is 0 Å². The van der Waals surface area contributed by atoms with E-state index in [0.717, 1.165) is 10.0 Å². The largest absolute Gasteiger partial charge is 0.465 e. The average molecular weight is 287 g/mol. The summed E-state index contributed by atoms with van der Waals surface area (Å²) in [7, 11) is 0. The number of carboxylic acid groups (broad SMARTS) is 1. The van der Waals surface area contributed by atoms with Crippen molar-refractivity contribution in [3.63, 3.8) is 0 Å². The first-order chi connectivity index (χ1) is 7.32. The predicted molar refractivity (Wildman–Crippen MR) is 65.3 cm³/mol. The molecular formula is C11H15BrN2O2. The molecule has 1 N–H and O–H groups in total. The molecule has 1 heterocycles. The van der Waals surface area contributed by atoms with Crippen molar-refractivity contribution < 1.29 is 9.90 Å². The molecule has 16 heavy (non-hydrogen) atoms. The van der Waals surface area contributed by atoms with E-state index in [1.807, 2.05) is 26.8 Å². The molecule has 1 aromatic heterocycles. The second-order valence-corrected chi connectivity index (χ2v) is 5.36. The van der Waals surface area contributed by atoms with Gasteiger partial charge in [0, 0.05) is 22.4 Å². The van der Waals surface area contributed by atoms with Crippen molar-refractivity contribution in [2.75, 3.05) is 0 Å². The number of carbonyl (C=O) groups is 1. The highest BCUT2D eigenvalue weighted by Gasteiger charge is 2.26. The standard InChI is InChI=1S/C11H15BrN2O2/c1-11(2,3)14(10(15)16)7-8-4-5-13-6-9(8)12/h4-6H,7H2,1-3H3,(H,15,16). The van der Waals surface area contributed by atoms with Crippen LogP contribution in [0.3, 0.4) is 0 Å². The molecule has 0 aromatic carbocycles. The van der Waals surface area contributed by atoms with Crippen molar-refractivity contribution in [2.45, 2.75) is 32.9 Å². The lowest BCUT2D eigenvalue weighted by Gasteiger charge is -2.33. The minimum Gasteiger partial charge on any atom is -0.465 e. The van der Waals surface area contributed by atoms with Crippen LogP contribution in [-0.2, 0) is 6.54 Å². The highest BCUT2D eigenvalue weighted by Crippen LogP contribution is 2.21. The van der Waals surface area contributed by atoms with E-state index in [1.165, 1.54) is 4.90 Å². The van der Waals surface area contributed by atoms with Crippen LogP contribution < -0.4 is 0 Å². The van der Waals surface area contributed by atoms with Crippen LogP contribution in [0.5, 0.6) is 0 Å². The van der Waals surface area contributed by atoms with Crippen LogP contribution in [0.4, 0.5) is 4.79 Å². The maximum atomic E-state index is 11.2. The lowest BCUT2D eigenvalue weighted by atomic mass is 10.1. The molecule has 0 aliphatic heterocycles. The summed E-state index contributed by atoms with van der Waals surface area (Å²) in [5.41, 5.74) is 0.487. The minimum atomic E-state index is -0.920. The Morgan fingerprint density at radius 1 is 1.56 bits per heavy atom. The van der Waals surface area contributed by atoms with Gasteiger partial charge < -0.3 is 5.11 Å². The minimum absolute atomic E-state index is 0.349. The smallest absolute Gasteiger partial charge is 0.408 e. The van der Waals surface area contributed by atoms with Gasteiger partial charge in [-0.05, 0) is 48.3 Å². The summed E-state index contributed by atoms with van der Waals surface area (Å²) < 4.78 is 0.825. The van der Waals surface area contributed by atoms with E-state index >= 15 is 0 Å². The van der Waals surface area contributed by atoms with Crippen LogP contribution >= 0.6 is 15.9 Å². The maximum Gasteiger partial charge on any atom is 0.408 e. The number of halogens is 1. The Labute approximate surface area is 103 Å². The topological polar surface area (TPSA) is 53.4 Å². The first kappa shape index (κ1) is 13.0. The maximum absolute atomic E-state index is 11.2. The van der Waals surface area contributed by atoms with Gasteiger partial charge in [-0.3, -0.25) is 9.88 Å². The van der Waals surface area contributed by atoms with Gasteiger partial charge in [0.1, 0.15) is 0 Å². The summed E-state index contributed by atoms with van der Waals surface area (Å²) in [6, 6.07) is 1.81. The molecule has 1 amide bonds. The molecule has 4 nitrogen and oxygen atoms in total. The van der Waals surface area contributed by atoms with Gasteiger partial charge in [-0.1, -0.05) is 0 Å². The molecular weight excluding hydrogens is 272 g/mol. The zero-order valence-electron chi connectivity index (χ0n) is 9.57. The van der Waals surface area contributed by atoms with Crippen molar-refractivity contribution >= 4 is 22.0 Å². The molecule has 1 rings (SSSR count). The highest BCUT2D eigenvalue weighted by atomic mass is 79.9. The zero-order valence-corrected chi connectivity index (χ0v) is 11.2. The van der Waals surface area contributed by atoms with Gasteiger partial charge in [0.2, 0.25) is 0 Å². The van der Waals surface area contributed by atoms with Gasteiger partial charge in [0.25, 0.3) is 0 Å². The summed E-state index contributed by atoms with van der Waals surface area (Å²) >= 11 is 3.36. The van der Waals surface area contributed by atoms with E-state index < -0.39 is 11.6 Å². The van der Waals surface area contributed by atoms with E-state index in [0.29, 0.717) is 6.54 Å². The SMILES string of the molecule is CC(C)(C)N(Cc1ccncc1Br)C(=O)O. The Bertz CT molecular complexity index is 388. The third kappa shape index (κ3) is 3.20. The molecule has 0 fully saturated rings. The number of rotatable bonds is 2. The van der Waals surface area contributed by atoms with Crippen molar-refractivity contribution in [2.24, 2.45) is 0 Å². The second-order valence-electron chi connectivity index (χ2n) is 4.51. The third-order valence-corrected chi connectivity index (χ3v) is 2.94.